The molecule has 0 spiro atoms. The number of nitrogens with one attached hydrogen (secondary N) is 1. The maximum absolute atomic E-state index is 4.20. The number of benzene rings is 1. The van der Waals surface area contributed by atoms with Crippen molar-refractivity contribution < 1.29 is 0 Å². The SMILES string of the molecule is [c]1nc2c(C3CC3)cccc2[nH]1. The number of hydrogen-bond donors (Lipinski definition) is 1. The molecule has 3 rings (SSSR count). The van der Waals surface area contributed by atoms with E-state index in [0.29, 0.717) is 0 Å². The van der Waals surface area contributed by atoms with Crippen LogP contribution in [-0.2, 0) is 0 Å². The van der Waals surface area contributed by atoms with E-state index in [0.717, 1.165) is 17.0 Å². The first-order valence-electron chi connectivity index (χ1n) is 4.30. The monoisotopic (exact) mass is 157 g/mol. The van der Waals surface area contributed by atoms with Crippen LogP contribution in [0.3, 0.4) is 0 Å². The first kappa shape index (κ1) is 6.23. The van der Waals surface area contributed by atoms with Gasteiger partial charge in [0.05, 0.1) is 11.0 Å². The second-order valence-electron chi connectivity index (χ2n) is 3.37. The molecule has 1 aromatic carbocycles. The van der Waals surface area contributed by atoms with Crippen LogP contribution in [0.15, 0.2) is 18.2 Å². The summed E-state index contributed by atoms with van der Waals surface area (Å²) < 4.78 is 0. The van der Waals surface area contributed by atoms with Crippen molar-refractivity contribution in [3.8, 4) is 0 Å². The summed E-state index contributed by atoms with van der Waals surface area (Å²) in [5, 5.41) is 0. The van der Waals surface area contributed by atoms with Gasteiger partial charge in [-0.2, -0.15) is 0 Å². The van der Waals surface area contributed by atoms with E-state index in [2.05, 4.69) is 28.4 Å². The van der Waals surface area contributed by atoms with Gasteiger partial charge in [-0.1, -0.05) is 12.1 Å². The number of aromatic amines is 1. The second kappa shape index (κ2) is 2.09. The lowest BCUT2D eigenvalue weighted by Gasteiger charge is -1.97. The molecular formula is C10H9N2. The Labute approximate surface area is 70.6 Å². The minimum absolute atomic E-state index is 0.769. The minimum Gasteiger partial charge on any atom is -0.335 e. The molecular weight excluding hydrogens is 148 g/mol. The Morgan fingerprint density at radius 2 is 2.33 bits per heavy atom. The zero-order valence-electron chi connectivity index (χ0n) is 6.67. The van der Waals surface area contributed by atoms with Gasteiger partial charge in [0.1, 0.15) is 0 Å². The molecule has 1 radical (unpaired) electrons. The Bertz CT molecular complexity index is 412. The van der Waals surface area contributed by atoms with Crippen molar-refractivity contribution in [2.45, 2.75) is 18.8 Å². The van der Waals surface area contributed by atoms with Gasteiger partial charge < -0.3 is 4.98 Å². The molecule has 1 fully saturated rings. The molecule has 1 aliphatic rings. The van der Waals surface area contributed by atoms with Gasteiger partial charge in [0.25, 0.3) is 0 Å². The van der Waals surface area contributed by atoms with Gasteiger partial charge in [-0.15, -0.1) is 0 Å². The minimum atomic E-state index is 0.769. The average Bonchev–Trinajstić information content (AvgIpc) is 2.82. The lowest BCUT2D eigenvalue weighted by Crippen LogP contribution is -1.80. The molecule has 59 valence electrons. The van der Waals surface area contributed by atoms with Crippen LogP contribution in [-0.4, -0.2) is 9.97 Å². The molecule has 2 aromatic rings. The fraction of sp³-hybridized carbons (Fsp3) is 0.300. The number of fused-ring (bicyclic) bond motifs is 1. The third-order valence-electron chi connectivity index (χ3n) is 2.44. The van der Waals surface area contributed by atoms with Crippen LogP contribution < -0.4 is 0 Å². The molecule has 0 unspecified atom stereocenters. The first-order chi connectivity index (χ1) is 5.95. The molecule has 1 N–H and O–H groups in total. The molecule has 0 aliphatic heterocycles. The molecule has 1 saturated carbocycles. The number of aromatic nitrogens is 2. The highest BCUT2D eigenvalue weighted by Gasteiger charge is 2.25. The summed E-state index contributed by atoms with van der Waals surface area (Å²) >= 11 is 0. The van der Waals surface area contributed by atoms with E-state index in [4.69, 9.17) is 0 Å². The van der Waals surface area contributed by atoms with Gasteiger partial charge in [-0.05, 0) is 30.4 Å². The average molecular weight is 157 g/mol. The summed E-state index contributed by atoms with van der Waals surface area (Å²) in [5.74, 6) is 0.769. The molecule has 1 aromatic heterocycles. The highest BCUT2D eigenvalue weighted by atomic mass is 14.9. The predicted octanol–water partition coefficient (Wildman–Crippen LogP) is 2.24. The van der Waals surface area contributed by atoms with E-state index in [1.54, 1.807) is 0 Å². The molecule has 2 nitrogen and oxygen atoms in total. The van der Waals surface area contributed by atoms with E-state index in [9.17, 15) is 0 Å². The molecule has 0 atom stereocenters. The summed E-state index contributed by atoms with van der Waals surface area (Å²) in [6.45, 7) is 0. The zero-order valence-corrected chi connectivity index (χ0v) is 6.67. The van der Waals surface area contributed by atoms with Crippen molar-refractivity contribution in [3.63, 3.8) is 0 Å². The van der Waals surface area contributed by atoms with Gasteiger partial charge in [-0.3, -0.25) is 0 Å². The lowest BCUT2D eigenvalue weighted by atomic mass is 10.1. The van der Waals surface area contributed by atoms with E-state index < -0.39 is 0 Å². The summed E-state index contributed by atoms with van der Waals surface area (Å²) in [4.78, 5) is 7.21. The van der Waals surface area contributed by atoms with Crippen LogP contribution in [0, 0.1) is 6.33 Å². The van der Waals surface area contributed by atoms with Crippen molar-refractivity contribution in [3.05, 3.63) is 30.1 Å². The molecule has 0 amide bonds. The standard InChI is InChI=1S/C10H9N2/c1-2-8(7-4-5-7)10-9(3-1)11-6-12-10/h1-3,7H,4-5H2,(H,11,12). The second-order valence-corrected chi connectivity index (χ2v) is 3.37. The van der Waals surface area contributed by atoms with Gasteiger partial charge in [0.2, 0.25) is 0 Å². The number of imidazole rings is 1. The van der Waals surface area contributed by atoms with Crippen LogP contribution in [0.25, 0.3) is 11.0 Å². The summed E-state index contributed by atoms with van der Waals surface area (Å²) in [7, 11) is 0. The van der Waals surface area contributed by atoms with Crippen LogP contribution in [0.1, 0.15) is 24.3 Å². The molecule has 2 heteroatoms. The quantitative estimate of drug-likeness (QED) is 0.675. The topological polar surface area (TPSA) is 28.7 Å². The zero-order chi connectivity index (χ0) is 7.97. The maximum atomic E-state index is 4.20. The van der Waals surface area contributed by atoms with Gasteiger partial charge >= 0.3 is 0 Å². The molecule has 1 heterocycles. The Kier molecular flexibility index (Phi) is 1.09. The van der Waals surface area contributed by atoms with Crippen molar-refractivity contribution in [1.82, 2.24) is 9.97 Å². The highest BCUT2D eigenvalue weighted by Crippen LogP contribution is 2.42. The van der Waals surface area contributed by atoms with Crippen LogP contribution in [0.5, 0.6) is 0 Å². The third-order valence-corrected chi connectivity index (χ3v) is 2.44. The summed E-state index contributed by atoms with van der Waals surface area (Å²) in [6, 6.07) is 6.31. The lowest BCUT2D eigenvalue weighted by molar-refractivity contribution is 1.14. The Morgan fingerprint density at radius 1 is 1.42 bits per heavy atom. The highest BCUT2D eigenvalue weighted by molar-refractivity contribution is 5.78. The fourth-order valence-corrected chi connectivity index (χ4v) is 1.65. The number of hydrogen-bond acceptors (Lipinski definition) is 1. The van der Waals surface area contributed by atoms with Crippen molar-refractivity contribution in [2.24, 2.45) is 0 Å². The summed E-state index contributed by atoms with van der Waals surface area (Å²) in [6.07, 6.45) is 5.44. The van der Waals surface area contributed by atoms with Crippen molar-refractivity contribution in [2.75, 3.05) is 0 Å². The van der Waals surface area contributed by atoms with Crippen molar-refractivity contribution >= 4 is 11.0 Å². The van der Waals surface area contributed by atoms with Crippen LogP contribution in [0.4, 0.5) is 0 Å². The number of H-pyrrole nitrogens is 1. The smallest absolute Gasteiger partial charge is 0.174 e. The first-order valence-corrected chi connectivity index (χ1v) is 4.30. The van der Waals surface area contributed by atoms with Gasteiger partial charge in [-0.25, -0.2) is 4.98 Å². The largest absolute Gasteiger partial charge is 0.335 e. The molecule has 1 aliphatic carbocycles. The van der Waals surface area contributed by atoms with Crippen LogP contribution in [0.2, 0.25) is 0 Å². The molecule has 0 saturated heterocycles. The van der Waals surface area contributed by atoms with E-state index in [1.807, 2.05) is 6.07 Å². The Morgan fingerprint density at radius 3 is 3.17 bits per heavy atom. The summed E-state index contributed by atoms with van der Waals surface area (Å²) in [5.41, 5.74) is 3.62. The Balaban J connectivity index is 2.32. The fourth-order valence-electron chi connectivity index (χ4n) is 1.65. The third kappa shape index (κ3) is 0.779. The number of para-hydroxylation sites is 1. The van der Waals surface area contributed by atoms with E-state index in [-0.39, 0.29) is 0 Å². The van der Waals surface area contributed by atoms with Gasteiger partial charge in [0.15, 0.2) is 6.33 Å². The van der Waals surface area contributed by atoms with Crippen molar-refractivity contribution in [1.29, 1.82) is 0 Å². The molecule has 12 heavy (non-hydrogen) atoms. The normalized spacial score (nSPS) is 17.0. The number of nitrogens with zero attached hydrogens (tertiary/aromatic N) is 1. The van der Waals surface area contributed by atoms with E-state index >= 15 is 0 Å². The predicted molar refractivity (Wildman–Crippen MR) is 46.9 cm³/mol. The molecule has 0 bridgehead atoms. The van der Waals surface area contributed by atoms with E-state index in [1.165, 1.54) is 18.4 Å². The van der Waals surface area contributed by atoms with Gasteiger partial charge in [0, 0.05) is 0 Å². The Hall–Kier alpha value is -1.31. The maximum Gasteiger partial charge on any atom is 0.174 e. The number of rotatable bonds is 1. The van der Waals surface area contributed by atoms with Crippen LogP contribution >= 0.6 is 0 Å².